The highest BCUT2D eigenvalue weighted by Gasteiger charge is 2.49. The molecule has 4 heteroatoms. The van der Waals surface area contributed by atoms with Crippen LogP contribution >= 0.6 is 0 Å². The van der Waals surface area contributed by atoms with Crippen molar-refractivity contribution < 1.29 is 4.39 Å². The lowest BCUT2D eigenvalue weighted by molar-refractivity contribution is 0.0339. The van der Waals surface area contributed by atoms with Gasteiger partial charge in [0.1, 0.15) is 5.82 Å². The van der Waals surface area contributed by atoms with E-state index in [0.717, 1.165) is 30.0 Å². The summed E-state index contributed by atoms with van der Waals surface area (Å²) in [5.41, 5.74) is 4.69. The van der Waals surface area contributed by atoms with E-state index < -0.39 is 0 Å². The maximum atomic E-state index is 13.6. The van der Waals surface area contributed by atoms with E-state index >= 15 is 0 Å². The standard InChI is InChI=1S/C17H20FN3/c1-11-3-4-14(18)6-15(11)21-16(5-12(2)20-21)13-7-17(8-13)9-19-10-17/h3-6,13,19H,7-10H2,1-2H3. The molecule has 110 valence electrons. The Morgan fingerprint density at radius 1 is 1.24 bits per heavy atom. The molecule has 0 atom stereocenters. The Balaban J connectivity index is 1.71. The van der Waals surface area contributed by atoms with Crippen molar-refractivity contribution in [3.8, 4) is 5.69 Å². The van der Waals surface area contributed by atoms with Crippen LogP contribution in [0.4, 0.5) is 4.39 Å². The van der Waals surface area contributed by atoms with Crippen LogP contribution in [-0.2, 0) is 0 Å². The first-order valence-electron chi connectivity index (χ1n) is 7.60. The first kappa shape index (κ1) is 13.0. The molecule has 2 fully saturated rings. The van der Waals surface area contributed by atoms with Crippen molar-refractivity contribution in [2.75, 3.05) is 13.1 Å². The maximum absolute atomic E-state index is 13.6. The molecule has 1 aliphatic carbocycles. The molecule has 3 nitrogen and oxygen atoms in total. The summed E-state index contributed by atoms with van der Waals surface area (Å²) in [5.74, 6) is 0.346. The Labute approximate surface area is 124 Å². The van der Waals surface area contributed by atoms with Gasteiger partial charge >= 0.3 is 0 Å². The van der Waals surface area contributed by atoms with Crippen molar-refractivity contribution in [3.05, 3.63) is 47.0 Å². The molecule has 1 N–H and O–H groups in total. The van der Waals surface area contributed by atoms with Gasteiger partial charge in [-0.1, -0.05) is 6.07 Å². The number of hydrogen-bond donors (Lipinski definition) is 1. The van der Waals surface area contributed by atoms with Gasteiger partial charge in [-0.2, -0.15) is 5.10 Å². The van der Waals surface area contributed by atoms with Crippen molar-refractivity contribution in [1.82, 2.24) is 15.1 Å². The summed E-state index contributed by atoms with van der Waals surface area (Å²) in [7, 11) is 0. The van der Waals surface area contributed by atoms with Gasteiger partial charge in [-0.25, -0.2) is 9.07 Å². The number of aromatic nitrogens is 2. The molecule has 1 saturated carbocycles. The fourth-order valence-corrected chi connectivity index (χ4v) is 3.78. The third-order valence-corrected chi connectivity index (χ3v) is 5.04. The summed E-state index contributed by atoms with van der Waals surface area (Å²) < 4.78 is 15.6. The van der Waals surface area contributed by atoms with Crippen molar-refractivity contribution in [1.29, 1.82) is 0 Å². The lowest BCUT2D eigenvalue weighted by Gasteiger charge is -2.54. The van der Waals surface area contributed by atoms with E-state index in [9.17, 15) is 4.39 Å². The minimum Gasteiger partial charge on any atom is -0.316 e. The van der Waals surface area contributed by atoms with Crippen LogP contribution in [0, 0.1) is 25.1 Å². The largest absolute Gasteiger partial charge is 0.316 e. The van der Waals surface area contributed by atoms with Gasteiger partial charge in [0, 0.05) is 24.7 Å². The summed E-state index contributed by atoms with van der Waals surface area (Å²) >= 11 is 0. The summed E-state index contributed by atoms with van der Waals surface area (Å²) in [4.78, 5) is 0. The number of nitrogens with zero attached hydrogens (tertiary/aromatic N) is 2. The number of halogens is 1. The molecule has 1 aliphatic heterocycles. The number of hydrogen-bond acceptors (Lipinski definition) is 2. The van der Waals surface area contributed by atoms with Crippen LogP contribution < -0.4 is 5.32 Å². The van der Waals surface area contributed by atoms with E-state index in [2.05, 4.69) is 16.5 Å². The number of benzene rings is 1. The SMILES string of the molecule is Cc1cc(C2CC3(CNC3)C2)n(-c2cc(F)ccc2C)n1. The summed E-state index contributed by atoms with van der Waals surface area (Å²) in [6, 6.07) is 7.08. The molecule has 0 bridgehead atoms. The zero-order valence-corrected chi connectivity index (χ0v) is 12.5. The first-order valence-corrected chi connectivity index (χ1v) is 7.60. The Kier molecular flexibility index (Phi) is 2.73. The van der Waals surface area contributed by atoms with Gasteiger partial charge in [0.25, 0.3) is 0 Å². The van der Waals surface area contributed by atoms with Crippen molar-refractivity contribution in [2.45, 2.75) is 32.6 Å². The van der Waals surface area contributed by atoms with Crippen LogP contribution in [0.5, 0.6) is 0 Å². The smallest absolute Gasteiger partial charge is 0.125 e. The first-order chi connectivity index (χ1) is 10.1. The maximum Gasteiger partial charge on any atom is 0.125 e. The molecule has 2 aliphatic rings. The summed E-state index contributed by atoms with van der Waals surface area (Å²) in [5, 5.41) is 7.98. The number of nitrogens with one attached hydrogen (secondary N) is 1. The van der Waals surface area contributed by atoms with Crippen LogP contribution in [0.15, 0.2) is 24.3 Å². The van der Waals surface area contributed by atoms with E-state index in [1.807, 2.05) is 24.6 Å². The second-order valence-electron chi connectivity index (χ2n) is 6.76. The Hall–Kier alpha value is -1.68. The molecule has 2 aromatic rings. The van der Waals surface area contributed by atoms with E-state index in [-0.39, 0.29) is 5.82 Å². The highest BCUT2D eigenvalue weighted by atomic mass is 19.1. The molecule has 1 aromatic heterocycles. The average molecular weight is 285 g/mol. The van der Waals surface area contributed by atoms with Crippen LogP contribution in [-0.4, -0.2) is 22.9 Å². The fraction of sp³-hybridized carbons (Fsp3) is 0.471. The van der Waals surface area contributed by atoms with E-state index in [4.69, 9.17) is 0 Å². The van der Waals surface area contributed by atoms with E-state index in [1.54, 1.807) is 6.07 Å². The van der Waals surface area contributed by atoms with Gasteiger partial charge < -0.3 is 5.32 Å². The Morgan fingerprint density at radius 3 is 2.67 bits per heavy atom. The Bertz CT molecular complexity index is 692. The topological polar surface area (TPSA) is 29.9 Å². The lowest BCUT2D eigenvalue weighted by Crippen LogP contribution is -2.59. The lowest BCUT2D eigenvalue weighted by atomic mass is 9.58. The average Bonchev–Trinajstić information content (AvgIpc) is 2.71. The van der Waals surface area contributed by atoms with E-state index in [1.165, 1.54) is 24.6 Å². The van der Waals surface area contributed by atoms with Crippen LogP contribution in [0.2, 0.25) is 0 Å². The monoisotopic (exact) mass is 285 g/mol. The highest BCUT2D eigenvalue weighted by Crippen LogP contribution is 2.53. The molecule has 0 radical (unpaired) electrons. The molecule has 0 amide bonds. The quantitative estimate of drug-likeness (QED) is 0.919. The van der Waals surface area contributed by atoms with Gasteiger partial charge in [-0.05, 0) is 55.9 Å². The van der Waals surface area contributed by atoms with Gasteiger partial charge in [-0.15, -0.1) is 0 Å². The highest BCUT2D eigenvalue weighted by molar-refractivity contribution is 5.42. The van der Waals surface area contributed by atoms with Crippen LogP contribution in [0.25, 0.3) is 5.69 Å². The third kappa shape index (κ3) is 2.01. The molecular formula is C17H20FN3. The van der Waals surface area contributed by atoms with Crippen molar-refractivity contribution in [3.63, 3.8) is 0 Å². The van der Waals surface area contributed by atoms with E-state index in [0.29, 0.717) is 11.3 Å². The molecular weight excluding hydrogens is 265 g/mol. The van der Waals surface area contributed by atoms with Gasteiger partial charge in [0.2, 0.25) is 0 Å². The predicted octanol–water partition coefficient (Wildman–Crippen LogP) is 3.10. The minimum absolute atomic E-state index is 0.206. The second-order valence-corrected chi connectivity index (χ2v) is 6.76. The molecule has 21 heavy (non-hydrogen) atoms. The predicted molar refractivity (Wildman–Crippen MR) is 80.3 cm³/mol. The fourth-order valence-electron chi connectivity index (χ4n) is 3.78. The normalized spacial score (nSPS) is 20.3. The molecule has 0 unspecified atom stereocenters. The van der Waals surface area contributed by atoms with Crippen LogP contribution in [0.1, 0.15) is 35.7 Å². The second kappa shape index (κ2) is 4.41. The van der Waals surface area contributed by atoms with Crippen molar-refractivity contribution >= 4 is 0 Å². The van der Waals surface area contributed by atoms with Gasteiger partial charge in [-0.3, -0.25) is 0 Å². The number of rotatable bonds is 2. The van der Waals surface area contributed by atoms with Crippen molar-refractivity contribution in [2.24, 2.45) is 5.41 Å². The Morgan fingerprint density at radius 2 is 2.00 bits per heavy atom. The summed E-state index contributed by atoms with van der Waals surface area (Å²) in [6.07, 6.45) is 2.44. The zero-order chi connectivity index (χ0) is 14.6. The molecule has 1 saturated heterocycles. The molecule has 2 heterocycles. The molecule has 4 rings (SSSR count). The molecule has 1 aromatic carbocycles. The van der Waals surface area contributed by atoms with Gasteiger partial charge in [0.05, 0.1) is 11.4 Å². The zero-order valence-electron chi connectivity index (χ0n) is 12.5. The van der Waals surface area contributed by atoms with Crippen LogP contribution in [0.3, 0.4) is 0 Å². The molecule has 1 spiro atoms. The number of aryl methyl sites for hydroxylation is 2. The van der Waals surface area contributed by atoms with Gasteiger partial charge in [0.15, 0.2) is 0 Å². The third-order valence-electron chi connectivity index (χ3n) is 5.04. The minimum atomic E-state index is -0.206. The summed E-state index contributed by atoms with van der Waals surface area (Å²) in [6.45, 7) is 6.31.